The molecule has 0 saturated carbocycles. The minimum absolute atomic E-state index is 0.0368. The minimum Gasteiger partial charge on any atom is -0.370 e. The number of anilines is 1. The summed E-state index contributed by atoms with van der Waals surface area (Å²) in [6.45, 7) is 2.94. The van der Waals surface area contributed by atoms with E-state index >= 15 is 0 Å². The van der Waals surface area contributed by atoms with Gasteiger partial charge in [-0.05, 0) is 47.7 Å². The Balaban J connectivity index is 1.36. The van der Waals surface area contributed by atoms with E-state index in [1.807, 2.05) is 17.0 Å². The number of sulfone groups is 1. The van der Waals surface area contributed by atoms with Crippen molar-refractivity contribution in [1.29, 1.82) is 0 Å². The fraction of sp³-hybridized carbons (Fsp3) is 0.389. The molecule has 2 aromatic rings. The summed E-state index contributed by atoms with van der Waals surface area (Å²) in [4.78, 5) is 18.5. The van der Waals surface area contributed by atoms with Gasteiger partial charge in [-0.3, -0.25) is 4.79 Å². The van der Waals surface area contributed by atoms with E-state index in [0.717, 1.165) is 25.2 Å². The zero-order valence-corrected chi connectivity index (χ0v) is 15.6. The molecule has 0 bridgehead atoms. The molecule has 0 atom stereocenters. The Labute approximate surface area is 151 Å². The van der Waals surface area contributed by atoms with Crippen molar-refractivity contribution in [3.8, 4) is 0 Å². The lowest BCUT2D eigenvalue weighted by atomic mass is 9.96. The first-order valence-corrected chi connectivity index (χ1v) is 11.1. The van der Waals surface area contributed by atoms with Crippen LogP contribution in [0.2, 0.25) is 0 Å². The molecule has 0 radical (unpaired) electrons. The lowest BCUT2D eigenvalue weighted by Gasteiger charge is -2.42. The van der Waals surface area contributed by atoms with Crippen molar-refractivity contribution in [2.75, 3.05) is 30.8 Å². The fourth-order valence-electron chi connectivity index (χ4n) is 3.44. The maximum absolute atomic E-state index is 12.7. The van der Waals surface area contributed by atoms with Gasteiger partial charge < -0.3 is 9.80 Å². The standard InChI is InChI=1S/C18H20N2O3S2/c1-25(22,23)16-4-2-15(3-5-16)20-11-14(12-20)18(21)19-8-6-17-13(10-19)7-9-24-17/h2-5,7,9,14H,6,8,10-12H2,1H3. The van der Waals surface area contributed by atoms with Gasteiger partial charge in [0.15, 0.2) is 9.84 Å². The molecular formula is C18H20N2O3S2. The number of rotatable bonds is 3. The largest absolute Gasteiger partial charge is 0.370 e. The second-order valence-electron chi connectivity index (χ2n) is 6.75. The van der Waals surface area contributed by atoms with Crippen molar-refractivity contribution >= 4 is 32.8 Å². The van der Waals surface area contributed by atoms with Crippen LogP contribution >= 0.6 is 11.3 Å². The Bertz CT molecular complexity index is 897. The number of amides is 1. The molecule has 0 spiro atoms. The Morgan fingerprint density at radius 3 is 2.56 bits per heavy atom. The van der Waals surface area contributed by atoms with Gasteiger partial charge in [-0.2, -0.15) is 0 Å². The van der Waals surface area contributed by atoms with Gasteiger partial charge in [0, 0.05) is 43.0 Å². The summed E-state index contributed by atoms with van der Waals surface area (Å²) in [5.74, 6) is 0.274. The summed E-state index contributed by atoms with van der Waals surface area (Å²) in [6.07, 6.45) is 2.17. The van der Waals surface area contributed by atoms with Gasteiger partial charge in [0.2, 0.25) is 5.91 Å². The van der Waals surface area contributed by atoms with Crippen LogP contribution in [-0.2, 0) is 27.6 Å². The summed E-state index contributed by atoms with van der Waals surface area (Å²) in [6, 6.07) is 9.01. The maximum atomic E-state index is 12.7. The van der Waals surface area contributed by atoms with Gasteiger partial charge in [-0.25, -0.2) is 8.42 Å². The lowest BCUT2D eigenvalue weighted by molar-refractivity contribution is -0.137. The van der Waals surface area contributed by atoms with Gasteiger partial charge >= 0.3 is 0 Å². The molecule has 4 rings (SSSR count). The molecule has 1 aromatic carbocycles. The molecule has 0 N–H and O–H groups in total. The lowest BCUT2D eigenvalue weighted by Crippen LogP contribution is -2.55. The number of benzene rings is 1. The summed E-state index contributed by atoms with van der Waals surface area (Å²) < 4.78 is 23.0. The molecule has 0 unspecified atom stereocenters. The number of thiophene rings is 1. The van der Waals surface area contributed by atoms with Crippen LogP contribution in [0.3, 0.4) is 0 Å². The van der Waals surface area contributed by atoms with Gasteiger partial charge in [0.05, 0.1) is 10.8 Å². The van der Waals surface area contributed by atoms with Crippen LogP contribution in [0, 0.1) is 5.92 Å². The Kier molecular flexibility index (Phi) is 4.08. The summed E-state index contributed by atoms with van der Waals surface area (Å²) in [7, 11) is -3.17. The van der Waals surface area contributed by atoms with Crippen molar-refractivity contribution in [3.63, 3.8) is 0 Å². The molecule has 132 valence electrons. The van der Waals surface area contributed by atoms with Crippen molar-refractivity contribution in [3.05, 3.63) is 46.2 Å². The maximum Gasteiger partial charge on any atom is 0.229 e. The van der Waals surface area contributed by atoms with Crippen molar-refractivity contribution in [2.45, 2.75) is 17.9 Å². The average molecular weight is 377 g/mol. The SMILES string of the molecule is CS(=O)(=O)c1ccc(N2CC(C(=O)N3CCc4sccc4C3)C2)cc1. The molecule has 5 nitrogen and oxygen atoms in total. The highest BCUT2D eigenvalue weighted by atomic mass is 32.2. The quantitative estimate of drug-likeness (QED) is 0.824. The van der Waals surface area contributed by atoms with E-state index in [-0.39, 0.29) is 11.8 Å². The van der Waals surface area contributed by atoms with Crippen molar-refractivity contribution in [1.82, 2.24) is 4.90 Å². The number of carbonyl (C=O) groups is 1. The molecule has 2 aliphatic rings. The Morgan fingerprint density at radius 2 is 1.88 bits per heavy atom. The first-order valence-electron chi connectivity index (χ1n) is 8.31. The van der Waals surface area contributed by atoms with Crippen molar-refractivity contribution in [2.24, 2.45) is 5.92 Å². The summed E-state index contributed by atoms with van der Waals surface area (Å²) in [5, 5.41) is 2.10. The number of nitrogens with zero attached hydrogens (tertiary/aromatic N) is 2. The topological polar surface area (TPSA) is 57.7 Å². The second-order valence-corrected chi connectivity index (χ2v) is 9.76. The molecule has 1 saturated heterocycles. The van der Waals surface area contributed by atoms with E-state index in [1.54, 1.807) is 23.5 Å². The number of carbonyl (C=O) groups excluding carboxylic acids is 1. The van der Waals surface area contributed by atoms with Crippen LogP contribution in [0.15, 0.2) is 40.6 Å². The first kappa shape index (κ1) is 16.6. The first-order chi connectivity index (χ1) is 11.9. The van der Waals surface area contributed by atoms with Crippen LogP contribution in [0.1, 0.15) is 10.4 Å². The molecule has 1 fully saturated rings. The zero-order chi connectivity index (χ0) is 17.6. The molecule has 2 aliphatic heterocycles. The summed E-state index contributed by atoms with van der Waals surface area (Å²) >= 11 is 1.78. The third kappa shape index (κ3) is 3.18. The van der Waals surface area contributed by atoms with Crippen molar-refractivity contribution < 1.29 is 13.2 Å². The van der Waals surface area contributed by atoms with Crippen LogP contribution in [0.4, 0.5) is 5.69 Å². The summed E-state index contributed by atoms with van der Waals surface area (Å²) in [5.41, 5.74) is 2.26. The van der Waals surface area contributed by atoms with E-state index in [9.17, 15) is 13.2 Å². The van der Waals surface area contributed by atoms with Gasteiger partial charge in [0.25, 0.3) is 0 Å². The van der Waals surface area contributed by atoms with E-state index in [4.69, 9.17) is 0 Å². The van der Waals surface area contributed by atoms with Crippen LogP contribution in [0.5, 0.6) is 0 Å². The number of hydrogen-bond acceptors (Lipinski definition) is 5. The Morgan fingerprint density at radius 1 is 1.16 bits per heavy atom. The highest BCUT2D eigenvalue weighted by Crippen LogP contribution is 2.29. The predicted octanol–water partition coefficient (Wildman–Crippen LogP) is 2.17. The molecule has 1 amide bonds. The number of hydrogen-bond donors (Lipinski definition) is 0. The molecule has 25 heavy (non-hydrogen) atoms. The molecule has 1 aromatic heterocycles. The molecule has 3 heterocycles. The monoisotopic (exact) mass is 376 g/mol. The van der Waals surface area contributed by atoms with Gasteiger partial charge in [-0.1, -0.05) is 0 Å². The fourth-order valence-corrected chi connectivity index (χ4v) is 4.96. The third-order valence-corrected chi connectivity index (χ3v) is 7.13. The predicted molar refractivity (Wildman–Crippen MR) is 98.7 cm³/mol. The normalized spacial score (nSPS) is 18.0. The highest BCUT2D eigenvalue weighted by Gasteiger charge is 2.36. The van der Waals surface area contributed by atoms with Gasteiger partial charge in [-0.15, -0.1) is 11.3 Å². The highest BCUT2D eigenvalue weighted by molar-refractivity contribution is 7.90. The average Bonchev–Trinajstić information content (AvgIpc) is 3.00. The van der Waals surface area contributed by atoms with E-state index in [1.165, 1.54) is 16.7 Å². The third-order valence-electron chi connectivity index (χ3n) is 4.98. The van der Waals surface area contributed by atoms with E-state index in [2.05, 4.69) is 16.3 Å². The van der Waals surface area contributed by atoms with E-state index < -0.39 is 9.84 Å². The smallest absolute Gasteiger partial charge is 0.229 e. The number of fused-ring (bicyclic) bond motifs is 1. The minimum atomic E-state index is -3.17. The molecule has 7 heteroatoms. The zero-order valence-electron chi connectivity index (χ0n) is 14.0. The second kappa shape index (κ2) is 6.14. The van der Waals surface area contributed by atoms with Crippen LogP contribution < -0.4 is 4.90 Å². The van der Waals surface area contributed by atoms with Gasteiger partial charge in [0.1, 0.15) is 0 Å². The molecule has 0 aliphatic carbocycles. The van der Waals surface area contributed by atoms with Crippen LogP contribution in [0.25, 0.3) is 0 Å². The van der Waals surface area contributed by atoms with E-state index in [0.29, 0.717) is 18.0 Å². The van der Waals surface area contributed by atoms with Crippen LogP contribution in [-0.4, -0.2) is 45.1 Å². The Hall–Kier alpha value is -1.86. The molecular weight excluding hydrogens is 356 g/mol.